The van der Waals surface area contributed by atoms with Crippen molar-refractivity contribution in [2.75, 3.05) is 39.2 Å². The van der Waals surface area contributed by atoms with Gasteiger partial charge in [-0.3, -0.25) is 4.99 Å². The van der Waals surface area contributed by atoms with Crippen LogP contribution in [-0.2, 0) is 9.84 Å². The first kappa shape index (κ1) is 26.4. The van der Waals surface area contributed by atoms with Gasteiger partial charge in [-0.1, -0.05) is 23.7 Å². The predicted octanol–water partition coefficient (Wildman–Crippen LogP) is 2.94. The summed E-state index contributed by atoms with van der Waals surface area (Å²) in [6.45, 7) is 5.27. The number of benzene rings is 1. The maximum Gasteiger partial charge on any atom is 0.191 e. The SMILES string of the molecule is CCNC(=NCC(c1ccc(Cl)cc1)N(C)C)NC(C)CCS(C)(=O)=O.I. The first-order chi connectivity index (χ1) is 12.1. The number of sulfone groups is 1. The molecule has 0 aliphatic carbocycles. The minimum atomic E-state index is -2.96. The van der Waals surface area contributed by atoms with Crippen molar-refractivity contribution in [3.8, 4) is 0 Å². The van der Waals surface area contributed by atoms with Gasteiger partial charge in [0, 0.05) is 23.9 Å². The largest absolute Gasteiger partial charge is 0.357 e. The lowest BCUT2D eigenvalue weighted by Crippen LogP contribution is -2.43. The average Bonchev–Trinajstić information content (AvgIpc) is 2.54. The highest BCUT2D eigenvalue weighted by Crippen LogP contribution is 2.20. The van der Waals surface area contributed by atoms with E-state index >= 15 is 0 Å². The summed E-state index contributed by atoms with van der Waals surface area (Å²) in [5, 5.41) is 7.21. The van der Waals surface area contributed by atoms with Gasteiger partial charge in [-0.2, -0.15) is 0 Å². The summed E-state index contributed by atoms with van der Waals surface area (Å²) < 4.78 is 22.7. The second-order valence-electron chi connectivity index (χ2n) is 6.71. The summed E-state index contributed by atoms with van der Waals surface area (Å²) in [6, 6.07) is 7.92. The third-order valence-electron chi connectivity index (χ3n) is 3.95. The normalized spacial score (nSPS) is 14.4. The van der Waals surface area contributed by atoms with Gasteiger partial charge in [0.15, 0.2) is 5.96 Å². The number of hydrogen-bond acceptors (Lipinski definition) is 4. The Balaban J connectivity index is 0.00000676. The fourth-order valence-electron chi connectivity index (χ4n) is 2.45. The smallest absolute Gasteiger partial charge is 0.191 e. The van der Waals surface area contributed by atoms with Crippen LogP contribution in [0.2, 0.25) is 5.02 Å². The zero-order valence-corrected chi connectivity index (χ0v) is 20.6. The molecule has 1 aromatic rings. The van der Waals surface area contributed by atoms with Crippen molar-refractivity contribution in [3.63, 3.8) is 0 Å². The van der Waals surface area contributed by atoms with Gasteiger partial charge < -0.3 is 15.5 Å². The van der Waals surface area contributed by atoms with Crippen LogP contribution in [0.1, 0.15) is 31.9 Å². The molecule has 1 aromatic carbocycles. The minimum Gasteiger partial charge on any atom is -0.357 e. The first-order valence-electron chi connectivity index (χ1n) is 8.76. The monoisotopic (exact) mass is 530 g/mol. The summed E-state index contributed by atoms with van der Waals surface area (Å²) in [7, 11) is 1.07. The van der Waals surface area contributed by atoms with Crippen LogP contribution in [0.15, 0.2) is 29.3 Å². The topological polar surface area (TPSA) is 73.8 Å². The summed E-state index contributed by atoms with van der Waals surface area (Å²) >= 11 is 5.98. The van der Waals surface area contributed by atoms with Crippen LogP contribution in [-0.4, -0.2) is 64.5 Å². The Bertz CT molecular complexity index is 681. The summed E-state index contributed by atoms with van der Waals surface area (Å²) in [4.78, 5) is 6.80. The molecule has 1 rings (SSSR count). The molecule has 0 aliphatic rings. The van der Waals surface area contributed by atoms with Crippen molar-refractivity contribution in [3.05, 3.63) is 34.9 Å². The van der Waals surface area contributed by atoms with Crippen molar-refractivity contribution in [2.24, 2.45) is 4.99 Å². The number of nitrogens with zero attached hydrogens (tertiary/aromatic N) is 2. The standard InChI is InChI=1S/C18H31ClN4O2S.HI/c1-6-20-18(22-14(2)11-12-26(5,24)25)21-13-17(23(3)4)15-7-9-16(19)10-8-15;/h7-10,14,17H,6,11-13H2,1-5H3,(H2,20,21,22);1H. The molecule has 2 atom stereocenters. The molecule has 2 unspecified atom stereocenters. The molecule has 0 bridgehead atoms. The van der Waals surface area contributed by atoms with Gasteiger partial charge in [0.05, 0.1) is 18.3 Å². The fourth-order valence-corrected chi connectivity index (χ4v) is 3.35. The Labute approximate surface area is 186 Å². The van der Waals surface area contributed by atoms with Crippen LogP contribution in [0, 0.1) is 0 Å². The number of nitrogens with one attached hydrogen (secondary N) is 2. The predicted molar refractivity (Wildman–Crippen MR) is 126 cm³/mol. The highest BCUT2D eigenvalue weighted by atomic mass is 127. The molecule has 0 spiro atoms. The Kier molecular flexibility index (Phi) is 12.5. The molecule has 0 radical (unpaired) electrons. The molecule has 6 nitrogen and oxygen atoms in total. The zero-order valence-electron chi connectivity index (χ0n) is 16.7. The molecule has 2 N–H and O–H groups in total. The van der Waals surface area contributed by atoms with Gasteiger partial charge >= 0.3 is 0 Å². The van der Waals surface area contributed by atoms with Crippen molar-refractivity contribution < 1.29 is 8.42 Å². The molecule has 0 amide bonds. The molecule has 0 fully saturated rings. The highest BCUT2D eigenvalue weighted by Gasteiger charge is 2.15. The molecule has 9 heteroatoms. The van der Waals surface area contributed by atoms with Crippen molar-refractivity contribution in [1.29, 1.82) is 0 Å². The summed E-state index contributed by atoms with van der Waals surface area (Å²) in [5.41, 5.74) is 1.14. The molecule has 0 saturated heterocycles. The van der Waals surface area contributed by atoms with Crippen LogP contribution in [0.4, 0.5) is 0 Å². The summed E-state index contributed by atoms with van der Waals surface area (Å²) in [6.07, 6.45) is 1.80. The van der Waals surface area contributed by atoms with Gasteiger partial charge in [-0.05, 0) is 52.1 Å². The summed E-state index contributed by atoms with van der Waals surface area (Å²) in [5.74, 6) is 0.848. The number of halogens is 2. The van der Waals surface area contributed by atoms with Crippen LogP contribution in [0.3, 0.4) is 0 Å². The number of hydrogen-bond donors (Lipinski definition) is 2. The molecule has 27 heavy (non-hydrogen) atoms. The third kappa shape index (κ3) is 11.1. The molecule has 0 heterocycles. The number of likely N-dealkylation sites (N-methyl/N-ethyl adjacent to an activating group) is 1. The van der Waals surface area contributed by atoms with E-state index in [1.165, 1.54) is 6.26 Å². The molecule has 0 saturated carbocycles. The third-order valence-corrected chi connectivity index (χ3v) is 5.18. The van der Waals surface area contributed by atoms with E-state index in [0.29, 0.717) is 23.9 Å². The lowest BCUT2D eigenvalue weighted by Gasteiger charge is -2.24. The molecule has 0 aromatic heterocycles. The first-order valence-corrected chi connectivity index (χ1v) is 11.2. The number of aliphatic imine (C=N–C) groups is 1. The van der Waals surface area contributed by atoms with Crippen molar-refractivity contribution in [1.82, 2.24) is 15.5 Å². The van der Waals surface area contributed by atoms with Gasteiger partial charge in [0.2, 0.25) is 0 Å². The van der Waals surface area contributed by atoms with E-state index in [1.54, 1.807) is 0 Å². The molecule has 0 aliphatic heterocycles. The Morgan fingerprint density at radius 1 is 1.26 bits per heavy atom. The fraction of sp³-hybridized carbons (Fsp3) is 0.611. The quantitative estimate of drug-likeness (QED) is 0.292. The van der Waals surface area contributed by atoms with Crippen molar-refractivity contribution in [2.45, 2.75) is 32.4 Å². The maximum absolute atomic E-state index is 11.3. The van der Waals surface area contributed by atoms with Gasteiger partial charge in [-0.15, -0.1) is 24.0 Å². The van der Waals surface area contributed by atoms with Crippen LogP contribution < -0.4 is 10.6 Å². The van der Waals surface area contributed by atoms with Crippen molar-refractivity contribution >= 4 is 51.4 Å². The molecule has 156 valence electrons. The zero-order chi connectivity index (χ0) is 19.7. The lowest BCUT2D eigenvalue weighted by atomic mass is 10.1. The van der Waals surface area contributed by atoms with E-state index < -0.39 is 9.84 Å². The van der Waals surface area contributed by atoms with E-state index in [1.807, 2.05) is 52.2 Å². The van der Waals surface area contributed by atoms with E-state index in [-0.39, 0.29) is 41.8 Å². The van der Waals surface area contributed by atoms with Crippen LogP contribution in [0.5, 0.6) is 0 Å². The number of rotatable bonds is 9. The van der Waals surface area contributed by atoms with E-state index in [4.69, 9.17) is 11.6 Å². The second kappa shape index (κ2) is 12.8. The lowest BCUT2D eigenvalue weighted by molar-refractivity contribution is 0.306. The van der Waals surface area contributed by atoms with E-state index in [9.17, 15) is 8.42 Å². The Hall–Kier alpha value is -0.580. The minimum absolute atomic E-state index is 0. The van der Waals surface area contributed by atoms with E-state index in [0.717, 1.165) is 12.1 Å². The highest BCUT2D eigenvalue weighted by molar-refractivity contribution is 14.0. The average molecular weight is 531 g/mol. The second-order valence-corrected chi connectivity index (χ2v) is 9.41. The Morgan fingerprint density at radius 3 is 2.33 bits per heavy atom. The van der Waals surface area contributed by atoms with Crippen LogP contribution >= 0.6 is 35.6 Å². The van der Waals surface area contributed by atoms with Crippen LogP contribution in [0.25, 0.3) is 0 Å². The van der Waals surface area contributed by atoms with Gasteiger partial charge in [-0.25, -0.2) is 8.42 Å². The van der Waals surface area contributed by atoms with E-state index in [2.05, 4.69) is 20.5 Å². The number of guanidine groups is 1. The maximum atomic E-state index is 11.3. The van der Waals surface area contributed by atoms with Gasteiger partial charge in [0.1, 0.15) is 9.84 Å². The Morgan fingerprint density at radius 2 is 1.85 bits per heavy atom. The van der Waals surface area contributed by atoms with Gasteiger partial charge in [0.25, 0.3) is 0 Å². The molecular weight excluding hydrogens is 499 g/mol. The molecular formula is C18H32ClIN4O2S.